The molecule has 0 aromatic heterocycles. The SMILES string of the molecule is CCOC(=O)/C=C/CC(Nc1ccccc1O)c1ccc(C)cc1. The van der Waals surface area contributed by atoms with E-state index in [0.29, 0.717) is 18.7 Å². The number of para-hydroxylation sites is 2. The van der Waals surface area contributed by atoms with Crippen LogP contribution in [-0.4, -0.2) is 17.7 Å². The minimum Gasteiger partial charge on any atom is -0.506 e. The van der Waals surface area contributed by atoms with Crippen LogP contribution in [0.1, 0.15) is 30.5 Å². The number of aryl methyl sites for hydroxylation is 1. The van der Waals surface area contributed by atoms with Crippen LogP contribution >= 0.6 is 0 Å². The molecule has 0 saturated carbocycles. The van der Waals surface area contributed by atoms with Crippen molar-refractivity contribution in [2.45, 2.75) is 26.3 Å². The summed E-state index contributed by atoms with van der Waals surface area (Å²) in [5.74, 6) is -0.147. The van der Waals surface area contributed by atoms with E-state index >= 15 is 0 Å². The van der Waals surface area contributed by atoms with Crippen LogP contribution in [-0.2, 0) is 9.53 Å². The van der Waals surface area contributed by atoms with E-state index in [1.807, 2.05) is 43.3 Å². The summed E-state index contributed by atoms with van der Waals surface area (Å²) >= 11 is 0. The van der Waals surface area contributed by atoms with Crippen molar-refractivity contribution >= 4 is 11.7 Å². The highest BCUT2D eigenvalue weighted by molar-refractivity contribution is 5.81. The largest absolute Gasteiger partial charge is 0.506 e. The molecule has 4 heteroatoms. The molecule has 0 aliphatic heterocycles. The number of hydrogen-bond donors (Lipinski definition) is 2. The van der Waals surface area contributed by atoms with Gasteiger partial charge in [-0.3, -0.25) is 0 Å². The highest BCUT2D eigenvalue weighted by Gasteiger charge is 2.12. The molecule has 0 aliphatic carbocycles. The lowest BCUT2D eigenvalue weighted by molar-refractivity contribution is -0.137. The van der Waals surface area contributed by atoms with Gasteiger partial charge >= 0.3 is 5.97 Å². The Balaban J connectivity index is 2.16. The number of nitrogens with one attached hydrogen (secondary N) is 1. The molecule has 0 radical (unpaired) electrons. The van der Waals surface area contributed by atoms with Crippen molar-refractivity contribution in [1.82, 2.24) is 0 Å². The minimum absolute atomic E-state index is 0.0652. The molecule has 126 valence electrons. The maximum Gasteiger partial charge on any atom is 0.330 e. The van der Waals surface area contributed by atoms with Crippen LogP contribution < -0.4 is 5.32 Å². The average molecular weight is 325 g/mol. The van der Waals surface area contributed by atoms with Crippen molar-refractivity contribution in [2.75, 3.05) is 11.9 Å². The van der Waals surface area contributed by atoms with E-state index in [2.05, 4.69) is 5.32 Å². The smallest absolute Gasteiger partial charge is 0.330 e. The second-order valence-electron chi connectivity index (χ2n) is 5.51. The summed E-state index contributed by atoms with van der Waals surface area (Å²) in [4.78, 5) is 11.4. The van der Waals surface area contributed by atoms with Gasteiger partial charge in [0.25, 0.3) is 0 Å². The van der Waals surface area contributed by atoms with E-state index in [0.717, 1.165) is 5.56 Å². The van der Waals surface area contributed by atoms with Gasteiger partial charge < -0.3 is 15.2 Å². The summed E-state index contributed by atoms with van der Waals surface area (Å²) < 4.78 is 4.90. The molecule has 4 nitrogen and oxygen atoms in total. The van der Waals surface area contributed by atoms with Gasteiger partial charge in [0.05, 0.1) is 18.3 Å². The summed E-state index contributed by atoms with van der Waals surface area (Å²) in [6.45, 7) is 4.18. The standard InChI is InChI=1S/C20H23NO3/c1-3-24-20(23)10-6-8-17(16-13-11-15(2)12-14-16)21-18-7-4-5-9-19(18)22/h4-7,9-14,17,21-22H,3,8H2,1-2H3/b10-6+. The maximum absolute atomic E-state index is 11.4. The van der Waals surface area contributed by atoms with E-state index in [-0.39, 0.29) is 17.8 Å². The first-order valence-electron chi connectivity index (χ1n) is 8.04. The zero-order chi connectivity index (χ0) is 17.4. The molecule has 0 heterocycles. The van der Waals surface area contributed by atoms with E-state index < -0.39 is 0 Å². The van der Waals surface area contributed by atoms with Gasteiger partial charge in [-0.25, -0.2) is 4.79 Å². The molecule has 2 aromatic carbocycles. The third-order valence-electron chi connectivity index (χ3n) is 3.63. The Hall–Kier alpha value is -2.75. The lowest BCUT2D eigenvalue weighted by atomic mass is 10.0. The highest BCUT2D eigenvalue weighted by Crippen LogP contribution is 2.29. The number of carbonyl (C=O) groups is 1. The van der Waals surface area contributed by atoms with Gasteiger partial charge in [0, 0.05) is 6.08 Å². The highest BCUT2D eigenvalue weighted by atomic mass is 16.5. The fraction of sp³-hybridized carbons (Fsp3) is 0.250. The Morgan fingerprint density at radius 2 is 1.92 bits per heavy atom. The van der Waals surface area contributed by atoms with Gasteiger partial charge in [0.15, 0.2) is 0 Å². The average Bonchev–Trinajstić information content (AvgIpc) is 2.57. The van der Waals surface area contributed by atoms with Gasteiger partial charge in [-0.2, -0.15) is 0 Å². The number of hydrogen-bond acceptors (Lipinski definition) is 4. The third-order valence-corrected chi connectivity index (χ3v) is 3.63. The second-order valence-corrected chi connectivity index (χ2v) is 5.51. The molecule has 0 aliphatic rings. The molecule has 0 fully saturated rings. The Morgan fingerprint density at radius 3 is 2.58 bits per heavy atom. The number of benzene rings is 2. The van der Waals surface area contributed by atoms with Crippen molar-refractivity contribution in [3.63, 3.8) is 0 Å². The fourth-order valence-electron chi connectivity index (χ4n) is 2.35. The molecule has 0 amide bonds. The molecule has 2 N–H and O–H groups in total. The van der Waals surface area contributed by atoms with Gasteiger partial charge in [-0.1, -0.05) is 48.0 Å². The molecule has 0 saturated heterocycles. The van der Waals surface area contributed by atoms with Gasteiger partial charge in [0.1, 0.15) is 5.75 Å². The van der Waals surface area contributed by atoms with Crippen LogP contribution in [0.2, 0.25) is 0 Å². The first-order valence-corrected chi connectivity index (χ1v) is 8.04. The molecule has 24 heavy (non-hydrogen) atoms. The second kappa shape index (κ2) is 8.77. The Bertz CT molecular complexity index is 692. The van der Waals surface area contributed by atoms with Crippen molar-refractivity contribution in [3.05, 3.63) is 71.8 Å². The van der Waals surface area contributed by atoms with Crippen LogP contribution in [0.4, 0.5) is 5.69 Å². The monoisotopic (exact) mass is 325 g/mol. The van der Waals surface area contributed by atoms with Gasteiger partial charge in [-0.05, 0) is 38.0 Å². The van der Waals surface area contributed by atoms with Crippen LogP contribution in [0.15, 0.2) is 60.7 Å². The van der Waals surface area contributed by atoms with Gasteiger partial charge in [0.2, 0.25) is 0 Å². The Kier molecular flexibility index (Phi) is 6.43. The van der Waals surface area contributed by atoms with E-state index in [1.54, 1.807) is 25.1 Å². The molecule has 1 atom stereocenters. The number of carbonyl (C=O) groups excluding carboxylic acids is 1. The van der Waals surface area contributed by atoms with Crippen LogP contribution in [0.3, 0.4) is 0 Å². The molecule has 0 spiro atoms. The molecule has 2 aromatic rings. The lowest BCUT2D eigenvalue weighted by Gasteiger charge is -2.20. The summed E-state index contributed by atoms with van der Waals surface area (Å²) in [6, 6.07) is 15.2. The van der Waals surface area contributed by atoms with Crippen LogP contribution in [0.25, 0.3) is 0 Å². The predicted octanol–water partition coefficient (Wildman–Crippen LogP) is 4.36. The molecular weight excluding hydrogens is 302 g/mol. The Morgan fingerprint density at radius 1 is 1.21 bits per heavy atom. The van der Waals surface area contributed by atoms with Crippen molar-refractivity contribution in [1.29, 1.82) is 0 Å². The fourth-order valence-corrected chi connectivity index (χ4v) is 2.35. The van der Waals surface area contributed by atoms with Gasteiger partial charge in [-0.15, -0.1) is 0 Å². The predicted molar refractivity (Wildman–Crippen MR) is 96.0 cm³/mol. The number of rotatable bonds is 7. The molecule has 1 unspecified atom stereocenters. The van der Waals surface area contributed by atoms with Crippen molar-refractivity contribution in [2.24, 2.45) is 0 Å². The van der Waals surface area contributed by atoms with Crippen LogP contribution in [0, 0.1) is 6.92 Å². The lowest BCUT2D eigenvalue weighted by Crippen LogP contribution is -2.10. The number of ether oxygens (including phenoxy) is 1. The van der Waals surface area contributed by atoms with Crippen molar-refractivity contribution in [3.8, 4) is 5.75 Å². The number of phenols is 1. The zero-order valence-corrected chi connectivity index (χ0v) is 14.0. The Labute approximate surface area is 142 Å². The molecular formula is C20H23NO3. The van der Waals surface area contributed by atoms with Crippen LogP contribution in [0.5, 0.6) is 5.75 Å². The summed E-state index contributed by atoms with van der Waals surface area (Å²) in [5.41, 5.74) is 2.92. The topological polar surface area (TPSA) is 58.6 Å². The number of esters is 1. The summed E-state index contributed by atoms with van der Waals surface area (Å²) in [6.07, 6.45) is 3.82. The zero-order valence-electron chi connectivity index (χ0n) is 14.0. The normalized spacial score (nSPS) is 12.1. The number of aromatic hydroxyl groups is 1. The first-order chi connectivity index (χ1) is 11.6. The van der Waals surface area contributed by atoms with E-state index in [1.165, 1.54) is 11.6 Å². The van der Waals surface area contributed by atoms with E-state index in [4.69, 9.17) is 4.74 Å². The first kappa shape index (κ1) is 17.6. The molecule has 0 bridgehead atoms. The number of phenolic OH excluding ortho intramolecular Hbond substituents is 1. The minimum atomic E-state index is -0.345. The molecule has 2 rings (SSSR count). The van der Waals surface area contributed by atoms with E-state index in [9.17, 15) is 9.90 Å². The maximum atomic E-state index is 11.4. The summed E-state index contributed by atoms with van der Waals surface area (Å²) in [7, 11) is 0. The summed E-state index contributed by atoms with van der Waals surface area (Å²) in [5, 5.41) is 13.3. The number of anilines is 1. The van der Waals surface area contributed by atoms with Crippen molar-refractivity contribution < 1.29 is 14.6 Å². The third kappa shape index (κ3) is 5.16. The quantitative estimate of drug-likeness (QED) is 0.451.